The Morgan fingerprint density at radius 2 is 2.04 bits per heavy atom. The Morgan fingerprint density at radius 1 is 1.31 bits per heavy atom. The predicted octanol–water partition coefficient (Wildman–Crippen LogP) is 0.922. The monoisotopic (exact) mass is 397 g/mol. The summed E-state index contributed by atoms with van der Waals surface area (Å²) in [5.41, 5.74) is 1.47. The van der Waals surface area contributed by atoms with Gasteiger partial charge in [-0.2, -0.15) is 0 Å². The van der Waals surface area contributed by atoms with Crippen molar-refractivity contribution in [3.05, 3.63) is 34.5 Å². The SMILES string of the molecule is Cc1c(C(=O)N2CC[NH+]([C@@H]3CCS(=O)(=O)C3)CC2)oc2ccc(Cl)cc12. The van der Waals surface area contributed by atoms with Crippen molar-refractivity contribution in [1.82, 2.24) is 4.90 Å². The third-order valence-corrected chi connectivity index (χ3v) is 7.60. The van der Waals surface area contributed by atoms with Crippen LogP contribution in [0.25, 0.3) is 11.0 Å². The van der Waals surface area contributed by atoms with Gasteiger partial charge in [-0.15, -0.1) is 0 Å². The van der Waals surface area contributed by atoms with Gasteiger partial charge in [0.1, 0.15) is 17.4 Å². The smallest absolute Gasteiger partial charge is 0.290 e. The van der Waals surface area contributed by atoms with Crippen molar-refractivity contribution in [3.63, 3.8) is 0 Å². The maximum Gasteiger partial charge on any atom is 0.290 e. The number of amides is 1. The summed E-state index contributed by atoms with van der Waals surface area (Å²) in [6.45, 7) is 4.65. The Bertz CT molecular complexity index is 961. The van der Waals surface area contributed by atoms with Crippen molar-refractivity contribution in [3.8, 4) is 0 Å². The molecule has 0 bridgehead atoms. The third-order valence-electron chi connectivity index (χ3n) is 5.60. The Balaban J connectivity index is 1.46. The van der Waals surface area contributed by atoms with Gasteiger partial charge < -0.3 is 14.2 Å². The van der Waals surface area contributed by atoms with Crippen LogP contribution in [0.2, 0.25) is 5.02 Å². The van der Waals surface area contributed by atoms with Gasteiger partial charge in [0, 0.05) is 22.4 Å². The first-order valence-corrected chi connectivity index (χ1v) is 11.1. The summed E-state index contributed by atoms with van der Waals surface area (Å²) in [4.78, 5) is 16.0. The molecule has 1 aromatic heterocycles. The molecule has 140 valence electrons. The molecule has 0 unspecified atom stereocenters. The van der Waals surface area contributed by atoms with E-state index in [-0.39, 0.29) is 17.7 Å². The molecule has 2 aromatic rings. The molecule has 1 atom stereocenters. The van der Waals surface area contributed by atoms with Crippen molar-refractivity contribution in [2.45, 2.75) is 19.4 Å². The second kappa shape index (κ2) is 6.55. The highest BCUT2D eigenvalue weighted by molar-refractivity contribution is 7.91. The second-order valence-electron chi connectivity index (χ2n) is 7.25. The van der Waals surface area contributed by atoms with Crippen LogP contribution in [0.15, 0.2) is 22.6 Å². The molecule has 0 radical (unpaired) electrons. The molecule has 1 aromatic carbocycles. The number of piperazine rings is 1. The van der Waals surface area contributed by atoms with Crippen molar-refractivity contribution < 1.29 is 22.5 Å². The lowest BCUT2D eigenvalue weighted by Crippen LogP contribution is -3.18. The lowest BCUT2D eigenvalue weighted by molar-refractivity contribution is -0.925. The molecular weight excluding hydrogens is 376 g/mol. The van der Waals surface area contributed by atoms with Crippen LogP contribution in [0.4, 0.5) is 0 Å². The maximum atomic E-state index is 12.9. The molecule has 2 fully saturated rings. The van der Waals surface area contributed by atoms with Gasteiger partial charge in [0.2, 0.25) is 0 Å². The van der Waals surface area contributed by atoms with Gasteiger partial charge >= 0.3 is 0 Å². The molecule has 4 rings (SSSR count). The number of hydrogen-bond donors (Lipinski definition) is 1. The molecule has 2 aliphatic heterocycles. The first-order chi connectivity index (χ1) is 12.3. The number of carbonyl (C=O) groups is 1. The van der Waals surface area contributed by atoms with Crippen LogP contribution < -0.4 is 4.90 Å². The molecule has 0 aliphatic carbocycles. The molecule has 2 aliphatic rings. The molecule has 26 heavy (non-hydrogen) atoms. The average Bonchev–Trinajstić information content (AvgIpc) is 3.14. The normalized spacial score (nSPS) is 23.6. The largest absolute Gasteiger partial charge is 0.451 e. The second-order valence-corrected chi connectivity index (χ2v) is 9.91. The summed E-state index contributed by atoms with van der Waals surface area (Å²) < 4.78 is 29.2. The zero-order valence-electron chi connectivity index (χ0n) is 14.6. The fourth-order valence-corrected chi connectivity index (χ4v) is 6.06. The third kappa shape index (κ3) is 3.23. The fourth-order valence-electron chi connectivity index (χ4n) is 4.06. The van der Waals surface area contributed by atoms with Gasteiger partial charge in [0.25, 0.3) is 5.91 Å². The van der Waals surface area contributed by atoms with E-state index < -0.39 is 9.84 Å². The number of quaternary nitrogens is 1. The summed E-state index contributed by atoms with van der Waals surface area (Å²) in [7, 11) is -2.87. The van der Waals surface area contributed by atoms with Crippen LogP contribution in [0.5, 0.6) is 0 Å². The number of rotatable bonds is 2. The summed E-state index contributed by atoms with van der Waals surface area (Å²) in [5.74, 6) is 0.839. The van der Waals surface area contributed by atoms with Crippen LogP contribution in [-0.4, -0.2) is 63.0 Å². The highest BCUT2D eigenvalue weighted by Gasteiger charge is 2.38. The molecule has 6 nitrogen and oxygen atoms in total. The minimum Gasteiger partial charge on any atom is -0.451 e. The summed E-state index contributed by atoms with van der Waals surface area (Å²) in [6, 6.07) is 5.52. The lowest BCUT2D eigenvalue weighted by atomic mass is 10.1. The molecule has 1 amide bonds. The number of hydrogen-bond acceptors (Lipinski definition) is 4. The van der Waals surface area contributed by atoms with Crippen molar-refractivity contribution >= 4 is 38.3 Å². The van der Waals surface area contributed by atoms with Crippen LogP contribution >= 0.6 is 11.6 Å². The number of sulfone groups is 1. The van der Waals surface area contributed by atoms with E-state index in [0.717, 1.165) is 30.5 Å². The van der Waals surface area contributed by atoms with E-state index in [1.165, 1.54) is 4.90 Å². The Labute approximate surface area is 157 Å². The number of nitrogens with one attached hydrogen (secondary N) is 1. The quantitative estimate of drug-likeness (QED) is 0.818. The zero-order valence-corrected chi connectivity index (χ0v) is 16.2. The van der Waals surface area contributed by atoms with E-state index in [0.29, 0.717) is 35.2 Å². The molecule has 1 N–H and O–H groups in total. The predicted molar refractivity (Wildman–Crippen MR) is 99.6 cm³/mol. The molecule has 0 spiro atoms. The number of halogens is 1. The van der Waals surface area contributed by atoms with Gasteiger partial charge in [-0.25, -0.2) is 8.42 Å². The maximum absolute atomic E-state index is 12.9. The molecule has 0 saturated carbocycles. The van der Waals surface area contributed by atoms with E-state index in [4.69, 9.17) is 16.0 Å². The van der Waals surface area contributed by atoms with Crippen molar-refractivity contribution in [1.29, 1.82) is 0 Å². The zero-order chi connectivity index (χ0) is 18.5. The van der Waals surface area contributed by atoms with E-state index in [9.17, 15) is 13.2 Å². The standard InChI is InChI=1S/C18H21ClN2O4S/c1-12-15-10-13(19)2-3-16(15)25-17(12)18(22)21-7-5-20(6-8-21)14-4-9-26(23,24)11-14/h2-3,10,14H,4-9,11H2,1H3/p+1/t14-/m1/s1. The molecular formula is C18H22ClN2O4S+. The van der Waals surface area contributed by atoms with Gasteiger partial charge in [-0.1, -0.05) is 11.6 Å². The Kier molecular flexibility index (Phi) is 4.49. The first-order valence-electron chi connectivity index (χ1n) is 8.87. The lowest BCUT2D eigenvalue weighted by Gasteiger charge is -2.34. The van der Waals surface area contributed by atoms with Gasteiger partial charge in [-0.05, 0) is 25.1 Å². The van der Waals surface area contributed by atoms with Crippen LogP contribution in [0, 0.1) is 6.92 Å². The van der Waals surface area contributed by atoms with Gasteiger partial charge in [-0.3, -0.25) is 4.79 Å². The Hall–Kier alpha value is -1.57. The number of nitrogens with zero attached hydrogens (tertiary/aromatic N) is 1. The molecule has 2 saturated heterocycles. The fraction of sp³-hybridized carbons (Fsp3) is 0.500. The van der Waals surface area contributed by atoms with Crippen LogP contribution in [0.3, 0.4) is 0 Å². The van der Waals surface area contributed by atoms with Crippen LogP contribution in [-0.2, 0) is 9.84 Å². The molecule has 3 heterocycles. The minimum atomic E-state index is -2.87. The van der Waals surface area contributed by atoms with E-state index >= 15 is 0 Å². The van der Waals surface area contributed by atoms with Gasteiger partial charge in [0.15, 0.2) is 15.6 Å². The summed E-state index contributed by atoms with van der Waals surface area (Å²) >= 11 is 6.04. The van der Waals surface area contributed by atoms with E-state index in [1.54, 1.807) is 17.0 Å². The molecule has 8 heteroatoms. The number of furan rings is 1. The number of benzene rings is 1. The number of fused-ring (bicyclic) bond motifs is 1. The summed E-state index contributed by atoms with van der Waals surface area (Å²) in [5, 5.41) is 1.48. The number of carbonyl (C=O) groups excluding carboxylic acids is 1. The summed E-state index contributed by atoms with van der Waals surface area (Å²) in [6.07, 6.45) is 0.731. The van der Waals surface area contributed by atoms with Crippen LogP contribution in [0.1, 0.15) is 22.5 Å². The van der Waals surface area contributed by atoms with Crippen molar-refractivity contribution in [2.24, 2.45) is 0 Å². The Morgan fingerprint density at radius 3 is 2.69 bits per heavy atom. The number of aryl methyl sites for hydroxylation is 1. The van der Waals surface area contributed by atoms with Gasteiger partial charge in [0.05, 0.1) is 31.9 Å². The van der Waals surface area contributed by atoms with Crippen molar-refractivity contribution in [2.75, 3.05) is 37.7 Å². The van der Waals surface area contributed by atoms with E-state index in [2.05, 4.69) is 0 Å². The topological polar surface area (TPSA) is 72.0 Å². The van der Waals surface area contributed by atoms with E-state index in [1.807, 2.05) is 13.0 Å². The average molecular weight is 398 g/mol. The first kappa shape index (κ1) is 17.8. The highest BCUT2D eigenvalue weighted by Crippen LogP contribution is 2.28. The minimum absolute atomic E-state index is 0.104. The highest BCUT2D eigenvalue weighted by atomic mass is 35.5.